The van der Waals surface area contributed by atoms with Crippen molar-refractivity contribution in [1.29, 1.82) is 0 Å². The van der Waals surface area contributed by atoms with Gasteiger partial charge < -0.3 is 5.32 Å². The number of aliphatic imine (C=N–C) groups is 1. The van der Waals surface area contributed by atoms with Crippen molar-refractivity contribution < 1.29 is 9.59 Å². The van der Waals surface area contributed by atoms with E-state index in [1.165, 1.54) is 0 Å². The zero-order valence-corrected chi connectivity index (χ0v) is 9.99. The summed E-state index contributed by atoms with van der Waals surface area (Å²) < 4.78 is 0. The molecule has 0 fully saturated rings. The molecular formula is C12H11ClN2O2. The maximum atomic E-state index is 11.8. The number of hydrogen-bond acceptors (Lipinski definition) is 2. The number of carbonyl (C=O) groups is 2. The molecule has 0 radical (unpaired) electrons. The summed E-state index contributed by atoms with van der Waals surface area (Å²) in [5.41, 5.74) is 1.72. The maximum absolute atomic E-state index is 11.8. The summed E-state index contributed by atoms with van der Waals surface area (Å²) in [6.07, 6.45) is 0. The monoisotopic (exact) mass is 250 g/mol. The predicted octanol–water partition coefficient (Wildman–Crippen LogP) is 1.37. The van der Waals surface area contributed by atoms with Gasteiger partial charge in [0.25, 0.3) is 5.91 Å². The van der Waals surface area contributed by atoms with Crippen LogP contribution in [0.15, 0.2) is 29.3 Å². The first-order chi connectivity index (χ1) is 8.11. The highest BCUT2D eigenvalue weighted by Crippen LogP contribution is 2.20. The van der Waals surface area contributed by atoms with Crippen molar-refractivity contribution in [3.05, 3.63) is 35.4 Å². The van der Waals surface area contributed by atoms with Gasteiger partial charge in [-0.25, -0.2) is 0 Å². The zero-order valence-electron chi connectivity index (χ0n) is 9.24. The third-order valence-corrected chi connectivity index (χ3v) is 2.81. The number of alkyl halides is 1. The molecule has 1 aliphatic heterocycles. The fraction of sp³-hybridized carbons (Fsp3) is 0.250. The molecule has 1 heterocycles. The lowest BCUT2D eigenvalue weighted by Gasteiger charge is -2.19. The van der Waals surface area contributed by atoms with E-state index >= 15 is 0 Å². The highest BCUT2D eigenvalue weighted by Gasteiger charge is 2.32. The molecule has 1 aromatic carbocycles. The van der Waals surface area contributed by atoms with E-state index in [2.05, 4.69) is 10.3 Å². The van der Waals surface area contributed by atoms with Gasteiger partial charge in [-0.2, -0.15) is 4.99 Å². The molecule has 88 valence electrons. The van der Waals surface area contributed by atoms with Gasteiger partial charge in [-0.05, 0) is 12.5 Å². The molecule has 4 nitrogen and oxygen atoms in total. The van der Waals surface area contributed by atoms with Crippen molar-refractivity contribution in [3.63, 3.8) is 0 Å². The van der Waals surface area contributed by atoms with Gasteiger partial charge in [0, 0.05) is 0 Å². The Labute approximate surface area is 104 Å². The number of carbonyl (C=O) groups excluding carboxylic acids is 2. The Bertz CT molecular complexity index is 494. The lowest BCUT2D eigenvalue weighted by Crippen LogP contribution is -2.43. The number of amides is 2. The van der Waals surface area contributed by atoms with E-state index in [-0.39, 0.29) is 17.6 Å². The Morgan fingerprint density at radius 3 is 2.47 bits per heavy atom. The van der Waals surface area contributed by atoms with E-state index in [4.69, 9.17) is 11.6 Å². The molecule has 17 heavy (non-hydrogen) atoms. The third kappa shape index (κ3) is 2.36. The van der Waals surface area contributed by atoms with Gasteiger partial charge in [0.05, 0.1) is 5.88 Å². The van der Waals surface area contributed by atoms with Crippen molar-refractivity contribution in [1.82, 2.24) is 5.32 Å². The van der Waals surface area contributed by atoms with Crippen LogP contribution < -0.4 is 5.32 Å². The van der Waals surface area contributed by atoms with Crippen LogP contribution in [-0.2, 0) is 9.59 Å². The van der Waals surface area contributed by atoms with Gasteiger partial charge in [0.2, 0.25) is 5.91 Å². The van der Waals surface area contributed by atoms with Crippen LogP contribution in [0.1, 0.15) is 17.0 Å². The van der Waals surface area contributed by atoms with Gasteiger partial charge in [-0.3, -0.25) is 9.59 Å². The number of amidine groups is 1. The van der Waals surface area contributed by atoms with E-state index < -0.39 is 11.8 Å². The van der Waals surface area contributed by atoms with Crippen LogP contribution in [0.2, 0.25) is 0 Å². The summed E-state index contributed by atoms with van der Waals surface area (Å²) in [7, 11) is 0. The molecule has 1 aromatic rings. The molecule has 0 bridgehead atoms. The van der Waals surface area contributed by atoms with Crippen LogP contribution in [-0.4, -0.2) is 23.5 Å². The first kappa shape index (κ1) is 11.8. The highest BCUT2D eigenvalue weighted by atomic mass is 35.5. The Morgan fingerprint density at radius 1 is 1.29 bits per heavy atom. The maximum Gasteiger partial charge on any atom is 0.264 e. The minimum absolute atomic E-state index is 0.0259. The van der Waals surface area contributed by atoms with Crippen LogP contribution in [0.3, 0.4) is 0 Å². The molecule has 5 heteroatoms. The smallest absolute Gasteiger partial charge is 0.264 e. The van der Waals surface area contributed by atoms with Crippen molar-refractivity contribution >= 4 is 29.3 Å². The Kier molecular flexibility index (Phi) is 3.24. The molecular weight excluding hydrogens is 240 g/mol. The van der Waals surface area contributed by atoms with Crippen LogP contribution in [0.25, 0.3) is 0 Å². The Balaban J connectivity index is 2.34. The number of nitrogens with one attached hydrogen (secondary N) is 1. The number of hydrogen-bond donors (Lipinski definition) is 1. The first-order valence-electron chi connectivity index (χ1n) is 5.16. The second-order valence-corrected chi connectivity index (χ2v) is 4.13. The molecule has 1 atom stereocenters. The SMILES string of the molecule is Cc1ccc(C2C(=O)N=C(CCl)NC2=O)cc1. The van der Waals surface area contributed by atoms with Crippen LogP contribution in [0.4, 0.5) is 0 Å². The van der Waals surface area contributed by atoms with Gasteiger partial charge in [0.1, 0.15) is 11.8 Å². The third-order valence-electron chi connectivity index (χ3n) is 2.56. The van der Waals surface area contributed by atoms with Crippen molar-refractivity contribution in [2.75, 3.05) is 5.88 Å². The molecule has 0 spiro atoms. The Morgan fingerprint density at radius 2 is 1.94 bits per heavy atom. The van der Waals surface area contributed by atoms with E-state index in [1.54, 1.807) is 12.1 Å². The highest BCUT2D eigenvalue weighted by molar-refractivity contribution is 6.32. The Hall–Kier alpha value is -1.68. The van der Waals surface area contributed by atoms with Crippen molar-refractivity contribution in [2.45, 2.75) is 12.8 Å². The van der Waals surface area contributed by atoms with E-state index in [1.807, 2.05) is 19.1 Å². The molecule has 1 N–H and O–H groups in total. The molecule has 0 saturated carbocycles. The van der Waals surface area contributed by atoms with E-state index in [0.29, 0.717) is 5.56 Å². The number of halogens is 1. The lowest BCUT2D eigenvalue weighted by molar-refractivity contribution is -0.129. The summed E-state index contributed by atoms with van der Waals surface area (Å²) in [6.45, 7) is 1.94. The van der Waals surface area contributed by atoms with Crippen molar-refractivity contribution in [2.24, 2.45) is 4.99 Å². The van der Waals surface area contributed by atoms with Crippen molar-refractivity contribution in [3.8, 4) is 0 Å². The van der Waals surface area contributed by atoms with Gasteiger partial charge in [-0.1, -0.05) is 29.8 Å². The normalized spacial score (nSPS) is 19.9. The van der Waals surface area contributed by atoms with Gasteiger partial charge in [-0.15, -0.1) is 11.6 Å². The molecule has 2 amide bonds. The quantitative estimate of drug-likeness (QED) is 0.637. The van der Waals surface area contributed by atoms with Gasteiger partial charge in [0.15, 0.2) is 0 Å². The average molecular weight is 251 g/mol. The molecule has 0 saturated heterocycles. The lowest BCUT2D eigenvalue weighted by atomic mass is 9.95. The zero-order chi connectivity index (χ0) is 12.4. The summed E-state index contributed by atoms with van der Waals surface area (Å²) in [5.74, 6) is -1.46. The molecule has 0 aliphatic carbocycles. The van der Waals surface area contributed by atoms with Crippen LogP contribution in [0, 0.1) is 6.92 Å². The minimum atomic E-state index is -0.859. The number of nitrogens with zero attached hydrogens (tertiary/aromatic N) is 1. The molecule has 2 rings (SSSR count). The second-order valence-electron chi connectivity index (χ2n) is 3.86. The van der Waals surface area contributed by atoms with E-state index in [0.717, 1.165) is 5.56 Å². The summed E-state index contributed by atoms with van der Waals surface area (Å²) in [5, 5.41) is 2.52. The number of aryl methyl sites for hydroxylation is 1. The number of rotatable bonds is 2. The fourth-order valence-electron chi connectivity index (χ4n) is 1.67. The summed E-state index contributed by atoms with van der Waals surface area (Å²) in [6, 6.07) is 7.24. The number of benzene rings is 1. The summed E-state index contributed by atoms with van der Waals surface area (Å²) >= 11 is 5.53. The fourth-order valence-corrected chi connectivity index (χ4v) is 1.79. The second kappa shape index (κ2) is 4.67. The average Bonchev–Trinajstić information content (AvgIpc) is 2.30. The van der Waals surface area contributed by atoms with E-state index in [9.17, 15) is 9.59 Å². The molecule has 0 aromatic heterocycles. The molecule has 1 aliphatic rings. The first-order valence-corrected chi connectivity index (χ1v) is 5.70. The summed E-state index contributed by atoms with van der Waals surface area (Å²) in [4.78, 5) is 27.3. The predicted molar refractivity (Wildman–Crippen MR) is 65.2 cm³/mol. The molecule has 1 unspecified atom stereocenters. The standard InChI is InChI=1S/C12H11ClN2O2/c1-7-2-4-8(5-3-7)10-11(16)14-9(6-13)15-12(10)17/h2-5,10H,6H2,1H3,(H,14,15,16,17). The topological polar surface area (TPSA) is 58.5 Å². The minimum Gasteiger partial charge on any atom is -0.312 e. The van der Waals surface area contributed by atoms with Gasteiger partial charge >= 0.3 is 0 Å². The van der Waals surface area contributed by atoms with Crippen LogP contribution in [0.5, 0.6) is 0 Å². The van der Waals surface area contributed by atoms with Crippen LogP contribution >= 0.6 is 11.6 Å². The largest absolute Gasteiger partial charge is 0.312 e.